The minimum Gasteiger partial charge on any atom is -0.489 e. The van der Waals surface area contributed by atoms with Crippen LogP contribution in [0.1, 0.15) is 39.3 Å². The van der Waals surface area contributed by atoms with Crippen molar-refractivity contribution in [3.8, 4) is 5.75 Å². The number of pyridine rings is 1. The van der Waals surface area contributed by atoms with Gasteiger partial charge in [0.25, 0.3) is 0 Å². The van der Waals surface area contributed by atoms with Crippen LogP contribution in [0.2, 0.25) is 0 Å². The van der Waals surface area contributed by atoms with Crippen LogP contribution < -0.4 is 10.1 Å². The standard InChI is InChI=1S/C15H24N2O2/c1-4-16-9-12-5-6-13(10-17-12)18-11-14-7-8-15(2,3)19-14/h5-6,10,14,16H,4,7-9,11H2,1-3H3. The van der Waals surface area contributed by atoms with Gasteiger partial charge in [0, 0.05) is 6.54 Å². The maximum atomic E-state index is 5.89. The minimum absolute atomic E-state index is 0.00194. The van der Waals surface area contributed by atoms with Crippen LogP contribution in [0.4, 0.5) is 0 Å². The summed E-state index contributed by atoms with van der Waals surface area (Å²) >= 11 is 0. The summed E-state index contributed by atoms with van der Waals surface area (Å²) in [6, 6.07) is 3.97. The van der Waals surface area contributed by atoms with Crippen molar-refractivity contribution in [2.75, 3.05) is 13.2 Å². The molecule has 106 valence electrons. The van der Waals surface area contributed by atoms with Crippen LogP contribution in [0.15, 0.2) is 18.3 Å². The quantitative estimate of drug-likeness (QED) is 0.857. The average Bonchev–Trinajstić information content (AvgIpc) is 2.75. The van der Waals surface area contributed by atoms with Crippen molar-refractivity contribution >= 4 is 0 Å². The number of aromatic nitrogens is 1. The summed E-state index contributed by atoms with van der Waals surface area (Å²) in [6.07, 6.45) is 4.16. The lowest BCUT2D eigenvalue weighted by Gasteiger charge is -2.19. The SMILES string of the molecule is CCNCc1ccc(OCC2CCC(C)(C)O2)cn1. The lowest BCUT2D eigenvalue weighted by Crippen LogP contribution is -2.23. The summed E-state index contributed by atoms with van der Waals surface area (Å²) < 4.78 is 11.6. The summed E-state index contributed by atoms with van der Waals surface area (Å²) in [5.74, 6) is 0.813. The summed E-state index contributed by atoms with van der Waals surface area (Å²) in [7, 11) is 0. The van der Waals surface area contributed by atoms with Gasteiger partial charge in [-0.1, -0.05) is 6.92 Å². The Kier molecular flexibility index (Phi) is 4.77. The third-order valence-electron chi connectivity index (χ3n) is 3.34. The van der Waals surface area contributed by atoms with Crippen LogP contribution in [0.25, 0.3) is 0 Å². The lowest BCUT2D eigenvalue weighted by atomic mass is 10.1. The first-order chi connectivity index (χ1) is 9.09. The molecule has 2 rings (SSSR count). The Morgan fingerprint density at radius 1 is 1.47 bits per heavy atom. The topological polar surface area (TPSA) is 43.4 Å². The van der Waals surface area contributed by atoms with Gasteiger partial charge in [-0.2, -0.15) is 0 Å². The summed E-state index contributed by atoms with van der Waals surface area (Å²) in [6.45, 7) is 8.71. The van der Waals surface area contributed by atoms with Crippen molar-refractivity contribution in [2.24, 2.45) is 0 Å². The van der Waals surface area contributed by atoms with Gasteiger partial charge in [-0.15, -0.1) is 0 Å². The molecule has 1 aliphatic heterocycles. The van der Waals surface area contributed by atoms with Gasteiger partial charge in [-0.3, -0.25) is 4.98 Å². The van der Waals surface area contributed by atoms with Crippen molar-refractivity contribution in [3.05, 3.63) is 24.0 Å². The Balaban J connectivity index is 1.77. The van der Waals surface area contributed by atoms with Gasteiger partial charge < -0.3 is 14.8 Å². The molecule has 1 atom stereocenters. The molecule has 1 N–H and O–H groups in total. The second kappa shape index (κ2) is 6.35. The van der Waals surface area contributed by atoms with Crippen molar-refractivity contribution < 1.29 is 9.47 Å². The van der Waals surface area contributed by atoms with E-state index in [0.717, 1.165) is 37.4 Å². The second-order valence-electron chi connectivity index (χ2n) is 5.61. The molecule has 1 fully saturated rings. The van der Waals surface area contributed by atoms with Gasteiger partial charge >= 0.3 is 0 Å². The molecule has 0 bridgehead atoms. The summed E-state index contributed by atoms with van der Waals surface area (Å²) in [5, 5.41) is 3.25. The number of hydrogen-bond acceptors (Lipinski definition) is 4. The van der Waals surface area contributed by atoms with Gasteiger partial charge in [-0.25, -0.2) is 0 Å². The van der Waals surface area contributed by atoms with Gasteiger partial charge in [0.1, 0.15) is 12.4 Å². The number of hydrogen-bond donors (Lipinski definition) is 1. The van der Waals surface area contributed by atoms with Gasteiger partial charge in [-0.05, 0) is 45.4 Å². The van der Waals surface area contributed by atoms with E-state index in [2.05, 4.69) is 31.1 Å². The van der Waals surface area contributed by atoms with Crippen molar-refractivity contribution in [3.63, 3.8) is 0 Å². The van der Waals surface area contributed by atoms with E-state index in [-0.39, 0.29) is 11.7 Å². The molecule has 1 aromatic rings. The molecule has 2 heterocycles. The third-order valence-corrected chi connectivity index (χ3v) is 3.34. The highest BCUT2D eigenvalue weighted by Gasteiger charge is 2.31. The molecule has 0 amide bonds. The molecule has 0 aliphatic carbocycles. The Bertz CT molecular complexity index is 390. The largest absolute Gasteiger partial charge is 0.489 e. The average molecular weight is 264 g/mol. The van der Waals surface area contributed by atoms with E-state index in [1.807, 2.05) is 12.1 Å². The smallest absolute Gasteiger partial charge is 0.137 e. The number of nitrogens with zero attached hydrogens (tertiary/aromatic N) is 1. The van der Waals surface area contributed by atoms with Gasteiger partial charge in [0.2, 0.25) is 0 Å². The van der Waals surface area contributed by atoms with Crippen LogP contribution in [0, 0.1) is 0 Å². The Morgan fingerprint density at radius 2 is 2.32 bits per heavy atom. The molecule has 0 radical (unpaired) electrons. The highest BCUT2D eigenvalue weighted by Crippen LogP contribution is 2.29. The number of ether oxygens (including phenoxy) is 2. The van der Waals surface area contributed by atoms with Crippen LogP contribution >= 0.6 is 0 Å². The molecule has 4 heteroatoms. The first kappa shape index (κ1) is 14.3. The molecule has 1 aliphatic rings. The summed E-state index contributed by atoms with van der Waals surface area (Å²) in [4.78, 5) is 4.36. The molecule has 4 nitrogen and oxygen atoms in total. The molecule has 0 saturated carbocycles. The molecule has 0 aromatic carbocycles. The van der Waals surface area contributed by atoms with Crippen LogP contribution in [-0.4, -0.2) is 29.8 Å². The monoisotopic (exact) mass is 264 g/mol. The molecular weight excluding hydrogens is 240 g/mol. The van der Waals surface area contributed by atoms with Crippen molar-refractivity contribution in [1.29, 1.82) is 0 Å². The predicted molar refractivity (Wildman–Crippen MR) is 75.3 cm³/mol. The van der Waals surface area contributed by atoms with Crippen molar-refractivity contribution in [2.45, 2.75) is 51.9 Å². The zero-order chi connectivity index (χ0) is 13.7. The predicted octanol–water partition coefficient (Wildman–Crippen LogP) is 2.53. The number of nitrogens with one attached hydrogen (secondary N) is 1. The molecule has 19 heavy (non-hydrogen) atoms. The highest BCUT2D eigenvalue weighted by atomic mass is 16.6. The second-order valence-corrected chi connectivity index (χ2v) is 5.61. The van der Waals surface area contributed by atoms with E-state index >= 15 is 0 Å². The summed E-state index contributed by atoms with van der Waals surface area (Å²) in [5.41, 5.74) is 1.04. The lowest BCUT2D eigenvalue weighted by molar-refractivity contribution is -0.0327. The number of rotatable bonds is 6. The Morgan fingerprint density at radius 3 is 2.89 bits per heavy atom. The first-order valence-corrected chi connectivity index (χ1v) is 7.05. The molecule has 1 aromatic heterocycles. The third kappa shape index (κ3) is 4.48. The normalized spacial score (nSPS) is 21.5. The fourth-order valence-corrected chi connectivity index (χ4v) is 2.24. The van der Waals surface area contributed by atoms with E-state index in [1.165, 1.54) is 0 Å². The Hall–Kier alpha value is -1.13. The highest BCUT2D eigenvalue weighted by molar-refractivity contribution is 5.19. The van der Waals surface area contributed by atoms with E-state index in [4.69, 9.17) is 9.47 Å². The first-order valence-electron chi connectivity index (χ1n) is 7.05. The minimum atomic E-state index is 0.00194. The maximum absolute atomic E-state index is 5.89. The zero-order valence-corrected chi connectivity index (χ0v) is 12.1. The van der Waals surface area contributed by atoms with E-state index in [9.17, 15) is 0 Å². The van der Waals surface area contributed by atoms with Crippen molar-refractivity contribution in [1.82, 2.24) is 10.3 Å². The molecule has 1 saturated heterocycles. The fourth-order valence-electron chi connectivity index (χ4n) is 2.24. The van der Waals surface area contributed by atoms with Crippen LogP contribution in [0.5, 0.6) is 5.75 Å². The van der Waals surface area contributed by atoms with E-state index in [1.54, 1.807) is 6.20 Å². The zero-order valence-electron chi connectivity index (χ0n) is 12.1. The van der Waals surface area contributed by atoms with E-state index < -0.39 is 0 Å². The Labute approximate surface area is 115 Å². The van der Waals surface area contributed by atoms with Gasteiger partial charge in [0.15, 0.2) is 0 Å². The molecular formula is C15H24N2O2. The van der Waals surface area contributed by atoms with E-state index in [0.29, 0.717) is 6.61 Å². The maximum Gasteiger partial charge on any atom is 0.137 e. The molecule has 1 unspecified atom stereocenters. The van der Waals surface area contributed by atoms with Crippen LogP contribution in [0.3, 0.4) is 0 Å². The molecule has 0 spiro atoms. The van der Waals surface area contributed by atoms with Crippen LogP contribution in [-0.2, 0) is 11.3 Å². The fraction of sp³-hybridized carbons (Fsp3) is 0.667. The van der Waals surface area contributed by atoms with Gasteiger partial charge in [0.05, 0.1) is 23.6 Å².